The van der Waals surface area contributed by atoms with Gasteiger partial charge >= 0.3 is 0 Å². The van der Waals surface area contributed by atoms with Crippen LogP contribution in [0.3, 0.4) is 0 Å². The number of carbonyl (C=O) groups excluding carboxylic acids is 1. The second-order valence-corrected chi connectivity index (χ2v) is 9.28. The minimum atomic E-state index is -0.230. The molecule has 2 aromatic carbocycles. The maximum Gasteiger partial charge on any atom is 0.272 e. The molecule has 1 fully saturated rings. The third-order valence-electron chi connectivity index (χ3n) is 6.79. The number of H-pyrrole nitrogens is 1. The first kappa shape index (κ1) is 20.8. The summed E-state index contributed by atoms with van der Waals surface area (Å²) < 4.78 is 6.52. The first-order valence-electron chi connectivity index (χ1n) is 11.3. The Morgan fingerprint density at radius 2 is 1.94 bits per heavy atom. The first-order chi connectivity index (χ1) is 15.4. The Hall–Kier alpha value is -3.12. The number of imidazole rings is 1. The maximum atomic E-state index is 13.3. The van der Waals surface area contributed by atoms with E-state index in [0.29, 0.717) is 5.69 Å². The molecule has 5 rings (SSSR count). The molecule has 0 saturated carbocycles. The van der Waals surface area contributed by atoms with Crippen LogP contribution in [0.4, 0.5) is 0 Å². The van der Waals surface area contributed by atoms with E-state index in [2.05, 4.69) is 39.4 Å². The van der Waals surface area contributed by atoms with E-state index in [-0.39, 0.29) is 17.6 Å². The molecule has 0 bridgehead atoms. The zero-order valence-electron chi connectivity index (χ0n) is 18.9. The van der Waals surface area contributed by atoms with Crippen LogP contribution in [0.1, 0.15) is 52.6 Å². The van der Waals surface area contributed by atoms with E-state index in [1.54, 1.807) is 0 Å². The highest BCUT2D eigenvalue weighted by atomic mass is 16.5. The van der Waals surface area contributed by atoms with Crippen LogP contribution >= 0.6 is 0 Å². The van der Waals surface area contributed by atoms with E-state index >= 15 is 0 Å². The van der Waals surface area contributed by atoms with Gasteiger partial charge in [0, 0.05) is 36.3 Å². The average molecular weight is 431 g/mol. The molecular formula is C26H30N4O2. The number of benzene rings is 2. The maximum absolute atomic E-state index is 13.3. The fourth-order valence-corrected chi connectivity index (χ4v) is 4.92. The lowest BCUT2D eigenvalue weighted by atomic mass is 9.80. The Morgan fingerprint density at radius 3 is 2.72 bits per heavy atom. The second kappa shape index (κ2) is 8.10. The normalized spacial score (nSPS) is 19.9. The molecule has 6 nitrogen and oxygen atoms in total. The Morgan fingerprint density at radius 1 is 1.16 bits per heavy atom. The zero-order chi connectivity index (χ0) is 22.3. The number of hydrogen-bond acceptors (Lipinski definition) is 4. The van der Waals surface area contributed by atoms with E-state index in [0.717, 1.165) is 66.3 Å². The van der Waals surface area contributed by atoms with Crippen molar-refractivity contribution in [3.05, 3.63) is 71.0 Å². The van der Waals surface area contributed by atoms with Crippen LogP contribution in [-0.2, 0) is 0 Å². The van der Waals surface area contributed by atoms with Crippen LogP contribution in [0.15, 0.2) is 48.5 Å². The van der Waals surface area contributed by atoms with E-state index in [4.69, 9.17) is 4.74 Å². The number of amides is 1. The zero-order valence-corrected chi connectivity index (χ0v) is 18.9. The molecule has 1 aromatic heterocycles. The molecule has 6 heteroatoms. The Labute approximate surface area is 189 Å². The summed E-state index contributed by atoms with van der Waals surface area (Å²) in [5, 5.41) is 3.28. The lowest BCUT2D eigenvalue weighted by molar-refractivity contribution is -0.0196. The summed E-state index contributed by atoms with van der Waals surface area (Å²) in [5.74, 6) is 1.45. The minimum Gasteiger partial charge on any atom is -0.487 e. The first-order valence-corrected chi connectivity index (χ1v) is 11.3. The average Bonchev–Trinajstić information content (AvgIpc) is 3.18. The summed E-state index contributed by atoms with van der Waals surface area (Å²) in [6, 6.07) is 16.1. The van der Waals surface area contributed by atoms with Gasteiger partial charge in [-0.05, 0) is 45.9 Å². The quantitative estimate of drug-likeness (QED) is 0.646. The summed E-state index contributed by atoms with van der Waals surface area (Å²) in [6.07, 6.45) is 2.70. The summed E-state index contributed by atoms with van der Waals surface area (Å²) in [6.45, 7) is 5.95. The summed E-state index contributed by atoms with van der Waals surface area (Å²) in [7, 11) is 2.15. The number of likely N-dealkylation sites (tertiary alicyclic amines) is 1. The van der Waals surface area contributed by atoms with E-state index in [1.807, 2.05) is 50.2 Å². The lowest BCUT2D eigenvalue weighted by Gasteiger charge is -2.46. The summed E-state index contributed by atoms with van der Waals surface area (Å²) >= 11 is 0. The number of aromatic amines is 1. The van der Waals surface area contributed by atoms with Crippen LogP contribution in [0, 0.1) is 13.8 Å². The molecule has 2 aliphatic heterocycles. The van der Waals surface area contributed by atoms with Crippen LogP contribution in [-0.4, -0.2) is 46.5 Å². The molecule has 2 aliphatic rings. The highest BCUT2D eigenvalue weighted by molar-refractivity contribution is 5.94. The van der Waals surface area contributed by atoms with Crippen LogP contribution in [0.5, 0.6) is 5.75 Å². The molecular weight excluding hydrogens is 400 g/mol. The van der Waals surface area contributed by atoms with Crippen molar-refractivity contribution in [1.29, 1.82) is 0 Å². The lowest BCUT2D eigenvalue weighted by Crippen LogP contribution is -2.51. The number of aryl methyl sites for hydroxylation is 2. The van der Waals surface area contributed by atoms with Gasteiger partial charge in [0.05, 0.1) is 6.04 Å². The van der Waals surface area contributed by atoms with Gasteiger partial charge in [0.2, 0.25) is 0 Å². The number of hydrogen-bond donors (Lipinski definition) is 2. The van der Waals surface area contributed by atoms with Gasteiger partial charge in [0.25, 0.3) is 5.91 Å². The van der Waals surface area contributed by atoms with Gasteiger partial charge in [-0.2, -0.15) is 0 Å². The fraction of sp³-hybridized carbons (Fsp3) is 0.385. The topological polar surface area (TPSA) is 70.2 Å². The van der Waals surface area contributed by atoms with Crippen molar-refractivity contribution >= 4 is 5.91 Å². The van der Waals surface area contributed by atoms with Crippen molar-refractivity contribution in [3.63, 3.8) is 0 Å². The number of para-hydroxylation sites is 1. The van der Waals surface area contributed by atoms with Crippen LogP contribution in [0.25, 0.3) is 11.4 Å². The van der Waals surface area contributed by atoms with Crippen molar-refractivity contribution in [3.8, 4) is 17.1 Å². The van der Waals surface area contributed by atoms with Crippen LogP contribution in [0.2, 0.25) is 0 Å². The number of ether oxygens (including phenoxy) is 1. The number of nitrogens with one attached hydrogen (secondary N) is 2. The minimum absolute atomic E-state index is 0.102. The molecule has 1 amide bonds. The van der Waals surface area contributed by atoms with Crippen LogP contribution < -0.4 is 10.1 Å². The second-order valence-electron chi connectivity index (χ2n) is 9.28. The van der Waals surface area contributed by atoms with Gasteiger partial charge in [0.15, 0.2) is 0 Å². The van der Waals surface area contributed by atoms with Gasteiger partial charge < -0.3 is 19.9 Å². The molecule has 3 heterocycles. The Kier molecular flexibility index (Phi) is 5.25. The van der Waals surface area contributed by atoms with Gasteiger partial charge in [-0.1, -0.05) is 42.0 Å². The standard InChI is InChI=1S/C26H30N4O2/c1-17-7-6-8-19(15-17)24-27-18(2)23(29-24)25(31)28-21-16-26(11-13-30(3)14-12-26)32-22-10-5-4-9-20(21)22/h4-10,15,21H,11-14,16H2,1-3H3,(H,27,29)(H,28,31). The fourth-order valence-electron chi connectivity index (χ4n) is 4.92. The number of nitrogens with zero attached hydrogens (tertiary/aromatic N) is 2. The number of carbonyl (C=O) groups is 1. The van der Waals surface area contributed by atoms with Gasteiger partial charge in [-0.3, -0.25) is 4.79 Å². The van der Waals surface area contributed by atoms with Crippen molar-refractivity contribution < 1.29 is 9.53 Å². The number of rotatable bonds is 3. The van der Waals surface area contributed by atoms with Gasteiger partial charge in [0.1, 0.15) is 22.9 Å². The molecule has 1 atom stereocenters. The third kappa shape index (κ3) is 3.91. The molecule has 3 aromatic rings. The SMILES string of the molecule is Cc1cccc(-c2nc(C(=O)NC3CC4(CCN(C)CC4)Oc4ccccc43)c(C)[nH]2)c1. The highest BCUT2D eigenvalue weighted by Gasteiger charge is 2.43. The predicted molar refractivity (Wildman–Crippen MR) is 125 cm³/mol. The predicted octanol–water partition coefficient (Wildman–Crippen LogP) is 4.41. The molecule has 2 N–H and O–H groups in total. The molecule has 0 aliphatic carbocycles. The molecule has 0 radical (unpaired) electrons. The van der Waals surface area contributed by atoms with E-state index in [9.17, 15) is 4.79 Å². The monoisotopic (exact) mass is 430 g/mol. The Bertz CT molecular complexity index is 1140. The molecule has 1 unspecified atom stereocenters. The third-order valence-corrected chi connectivity index (χ3v) is 6.79. The largest absolute Gasteiger partial charge is 0.487 e. The molecule has 166 valence electrons. The van der Waals surface area contributed by atoms with E-state index in [1.165, 1.54) is 0 Å². The summed E-state index contributed by atoms with van der Waals surface area (Å²) in [5.41, 5.74) is 4.17. The summed E-state index contributed by atoms with van der Waals surface area (Å²) in [4.78, 5) is 23.6. The molecule has 1 saturated heterocycles. The van der Waals surface area contributed by atoms with Gasteiger partial charge in [-0.25, -0.2) is 4.98 Å². The highest BCUT2D eigenvalue weighted by Crippen LogP contribution is 2.44. The van der Waals surface area contributed by atoms with Crippen molar-refractivity contribution in [2.45, 2.75) is 44.8 Å². The van der Waals surface area contributed by atoms with Crippen molar-refractivity contribution in [2.75, 3.05) is 20.1 Å². The Balaban J connectivity index is 1.41. The molecule has 1 spiro atoms. The van der Waals surface area contributed by atoms with Crippen molar-refractivity contribution in [1.82, 2.24) is 20.2 Å². The molecule has 32 heavy (non-hydrogen) atoms. The van der Waals surface area contributed by atoms with Crippen molar-refractivity contribution in [2.24, 2.45) is 0 Å². The number of piperidine rings is 1. The number of aromatic nitrogens is 2. The smallest absolute Gasteiger partial charge is 0.272 e. The van der Waals surface area contributed by atoms with E-state index < -0.39 is 0 Å². The van der Waals surface area contributed by atoms with Gasteiger partial charge in [-0.15, -0.1) is 0 Å². The number of fused-ring (bicyclic) bond motifs is 1.